The van der Waals surface area contributed by atoms with Crippen LogP contribution in [-0.4, -0.2) is 60.9 Å². The Morgan fingerprint density at radius 1 is 1.03 bits per heavy atom. The van der Waals surface area contributed by atoms with E-state index in [1.54, 1.807) is 0 Å². The molecule has 6 heteroatoms. The second kappa shape index (κ2) is 10.8. The number of nitrogens with one attached hydrogen (secondary N) is 1. The number of benzene rings is 2. The molecule has 0 spiro atoms. The third-order valence-electron chi connectivity index (χ3n) is 5.17. The summed E-state index contributed by atoms with van der Waals surface area (Å²) in [6.45, 7) is 8.31. The fraction of sp³-hybridized carbons (Fsp3) is 0.417. The lowest BCUT2D eigenvalue weighted by atomic mass is 10.1. The first-order valence-corrected chi connectivity index (χ1v) is 10.6. The normalized spacial score (nSPS) is 14.4. The average Bonchev–Trinajstić information content (AvgIpc) is 2.76. The van der Waals surface area contributed by atoms with Crippen LogP contribution in [0.4, 0.5) is 0 Å². The zero-order valence-electron chi connectivity index (χ0n) is 17.9. The Morgan fingerprint density at radius 2 is 1.80 bits per heavy atom. The van der Waals surface area contributed by atoms with Crippen LogP contribution in [0.2, 0.25) is 0 Å². The van der Waals surface area contributed by atoms with Crippen molar-refractivity contribution in [3.63, 3.8) is 0 Å². The van der Waals surface area contributed by atoms with Crippen LogP contribution in [0.25, 0.3) is 0 Å². The molecule has 1 aliphatic heterocycles. The zero-order valence-corrected chi connectivity index (χ0v) is 17.9. The molecule has 0 atom stereocenters. The predicted molar refractivity (Wildman–Crippen MR) is 118 cm³/mol. The highest BCUT2D eigenvalue weighted by Gasteiger charge is 2.23. The van der Waals surface area contributed by atoms with Gasteiger partial charge in [0.15, 0.2) is 0 Å². The lowest BCUT2D eigenvalue weighted by molar-refractivity contribution is -0.122. The van der Waals surface area contributed by atoms with Gasteiger partial charge in [0.1, 0.15) is 12.4 Å². The van der Waals surface area contributed by atoms with Crippen molar-refractivity contribution in [3.05, 3.63) is 65.2 Å². The zero-order chi connectivity index (χ0) is 21.3. The third-order valence-corrected chi connectivity index (χ3v) is 5.17. The van der Waals surface area contributed by atoms with Gasteiger partial charge in [0.2, 0.25) is 5.91 Å². The molecule has 0 radical (unpaired) electrons. The number of aryl methyl sites for hydroxylation is 1. The van der Waals surface area contributed by atoms with E-state index in [1.165, 1.54) is 5.56 Å². The number of carbonyl (C=O) groups excluding carboxylic acids is 2. The molecule has 3 rings (SSSR count). The molecule has 2 aromatic rings. The monoisotopic (exact) mass is 409 g/mol. The minimum Gasteiger partial charge on any atom is -0.489 e. The van der Waals surface area contributed by atoms with E-state index in [2.05, 4.69) is 29.3 Å². The van der Waals surface area contributed by atoms with Gasteiger partial charge >= 0.3 is 0 Å². The fourth-order valence-corrected chi connectivity index (χ4v) is 3.50. The maximum atomic E-state index is 12.9. The van der Waals surface area contributed by atoms with Crippen LogP contribution < -0.4 is 10.1 Å². The van der Waals surface area contributed by atoms with Crippen molar-refractivity contribution in [2.75, 3.05) is 39.3 Å². The molecule has 1 fully saturated rings. The Morgan fingerprint density at radius 3 is 2.53 bits per heavy atom. The first kappa shape index (κ1) is 21.8. The Bertz CT molecular complexity index is 860. The van der Waals surface area contributed by atoms with Crippen LogP contribution in [0.5, 0.6) is 5.75 Å². The molecule has 0 bridgehead atoms. The molecule has 2 amide bonds. The second-order valence-electron chi connectivity index (χ2n) is 7.72. The maximum Gasteiger partial charge on any atom is 0.254 e. The van der Waals surface area contributed by atoms with E-state index in [1.807, 2.05) is 48.2 Å². The number of hydrogen-bond acceptors (Lipinski definition) is 4. The largest absolute Gasteiger partial charge is 0.489 e. The molecule has 30 heavy (non-hydrogen) atoms. The van der Waals surface area contributed by atoms with Crippen molar-refractivity contribution in [2.24, 2.45) is 0 Å². The van der Waals surface area contributed by atoms with E-state index in [4.69, 9.17) is 4.74 Å². The molecule has 0 saturated carbocycles. The van der Waals surface area contributed by atoms with Crippen molar-refractivity contribution >= 4 is 11.8 Å². The topological polar surface area (TPSA) is 61.9 Å². The number of nitrogens with zero attached hydrogens (tertiary/aromatic N) is 2. The number of hydrogen-bond donors (Lipinski definition) is 1. The van der Waals surface area contributed by atoms with E-state index < -0.39 is 0 Å². The first-order valence-electron chi connectivity index (χ1n) is 10.6. The van der Waals surface area contributed by atoms with Crippen molar-refractivity contribution in [3.8, 4) is 5.75 Å². The minimum atomic E-state index is 0.00564. The van der Waals surface area contributed by atoms with Gasteiger partial charge in [-0.3, -0.25) is 14.5 Å². The number of piperazine rings is 1. The molecule has 1 aliphatic rings. The molecule has 1 saturated heterocycles. The maximum absolute atomic E-state index is 12.9. The summed E-state index contributed by atoms with van der Waals surface area (Å²) >= 11 is 0. The Labute approximate surface area is 178 Å². The van der Waals surface area contributed by atoms with Gasteiger partial charge in [0.25, 0.3) is 5.91 Å². The lowest BCUT2D eigenvalue weighted by Crippen LogP contribution is -2.51. The molecule has 0 aromatic heterocycles. The highest BCUT2D eigenvalue weighted by atomic mass is 16.5. The van der Waals surface area contributed by atoms with Crippen molar-refractivity contribution in [1.29, 1.82) is 0 Å². The molecule has 1 N–H and O–H groups in total. The summed E-state index contributed by atoms with van der Waals surface area (Å²) in [6.07, 6.45) is 0.932. The summed E-state index contributed by atoms with van der Waals surface area (Å²) in [5.41, 5.74) is 2.93. The number of carbonyl (C=O) groups is 2. The van der Waals surface area contributed by atoms with Gasteiger partial charge in [0, 0.05) is 38.3 Å². The van der Waals surface area contributed by atoms with Gasteiger partial charge in [-0.25, -0.2) is 0 Å². The summed E-state index contributed by atoms with van der Waals surface area (Å²) in [6, 6.07) is 15.6. The Balaban J connectivity index is 1.51. The van der Waals surface area contributed by atoms with Crippen LogP contribution in [0.15, 0.2) is 48.5 Å². The van der Waals surface area contributed by atoms with E-state index >= 15 is 0 Å². The minimum absolute atomic E-state index is 0.00564. The third kappa shape index (κ3) is 6.32. The van der Waals surface area contributed by atoms with Crippen LogP contribution in [0.1, 0.15) is 34.8 Å². The standard InChI is InChI=1S/C24H31N3O3/c1-3-10-25-23(28)17-26-11-13-27(14-12-26)24(29)21-8-5-9-22(16-21)30-18-20-7-4-6-19(2)15-20/h4-9,15-16H,3,10-14,17-18H2,1-2H3,(H,25,28). The van der Waals surface area contributed by atoms with Crippen LogP contribution in [0.3, 0.4) is 0 Å². The summed E-state index contributed by atoms with van der Waals surface area (Å²) in [5.74, 6) is 0.745. The summed E-state index contributed by atoms with van der Waals surface area (Å²) in [4.78, 5) is 28.7. The van der Waals surface area contributed by atoms with Gasteiger partial charge < -0.3 is 15.0 Å². The van der Waals surface area contributed by atoms with E-state index in [0.717, 1.165) is 12.0 Å². The quantitative estimate of drug-likeness (QED) is 0.728. The van der Waals surface area contributed by atoms with Crippen molar-refractivity contribution in [2.45, 2.75) is 26.9 Å². The smallest absolute Gasteiger partial charge is 0.254 e. The molecule has 2 aromatic carbocycles. The highest BCUT2D eigenvalue weighted by Crippen LogP contribution is 2.18. The van der Waals surface area contributed by atoms with Crippen LogP contribution in [-0.2, 0) is 11.4 Å². The van der Waals surface area contributed by atoms with Gasteiger partial charge in [0.05, 0.1) is 6.54 Å². The molecular weight excluding hydrogens is 378 g/mol. The summed E-state index contributed by atoms with van der Waals surface area (Å²) < 4.78 is 5.89. The van der Waals surface area contributed by atoms with Crippen molar-refractivity contribution in [1.82, 2.24) is 15.1 Å². The van der Waals surface area contributed by atoms with Crippen LogP contribution >= 0.6 is 0 Å². The molecule has 1 heterocycles. The van der Waals surface area contributed by atoms with E-state index in [-0.39, 0.29) is 11.8 Å². The van der Waals surface area contributed by atoms with Gasteiger partial charge in [-0.05, 0) is 37.1 Å². The summed E-state index contributed by atoms with van der Waals surface area (Å²) in [7, 11) is 0. The molecular formula is C24H31N3O3. The molecule has 6 nitrogen and oxygen atoms in total. The van der Waals surface area contributed by atoms with Gasteiger partial charge in [-0.2, -0.15) is 0 Å². The van der Waals surface area contributed by atoms with Crippen molar-refractivity contribution < 1.29 is 14.3 Å². The average molecular weight is 410 g/mol. The summed E-state index contributed by atoms with van der Waals surface area (Å²) in [5, 5.41) is 2.90. The Kier molecular flexibility index (Phi) is 7.85. The molecule has 0 aliphatic carbocycles. The van der Waals surface area contributed by atoms with E-state index in [9.17, 15) is 9.59 Å². The number of amides is 2. The SMILES string of the molecule is CCCNC(=O)CN1CCN(C(=O)c2cccc(OCc3cccc(C)c3)c2)CC1. The second-order valence-corrected chi connectivity index (χ2v) is 7.72. The number of rotatable bonds is 8. The lowest BCUT2D eigenvalue weighted by Gasteiger charge is -2.34. The van der Waals surface area contributed by atoms with Gasteiger partial charge in [-0.15, -0.1) is 0 Å². The Hall–Kier alpha value is -2.86. The number of ether oxygens (including phenoxy) is 1. The van der Waals surface area contributed by atoms with Crippen LogP contribution in [0, 0.1) is 6.92 Å². The predicted octanol–water partition coefficient (Wildman–Crippen LogP) is 2.86. The first-order chi connectivity index (χ1) is 14.5. The highest BCUT2D eigenvalue weighted by molar-refractivity contribution is 5.94. The van der Waals surface area contributed by atoms with Gasteiger partial charge in [-0.1, -0.05) is 42.8 Å². The molecule has 160 valence electrons. The van der Waals surface area contributed by atoms with E-state index in [0.29, 0.717) is 57.2 Å². The fourth-order valence-electron chi connectivity index (χ4n) is 3.50. The molecule has 0 unspecified atom stereocenters.